The van der Waals surface area contributed by atoms with Gasteiger partial charge in [0.05, 0.1) is 15.3 Å². The molecule has 0 N–H and O–H groups in total. The number of para-hydroxylation sites is 1. The molecule has 0 amide bonds. The van der Waals surface area contributed by atoms with E-state index in [1.165, 1.54) is 37.7 Å². The average Bonchev–Trinajstić information content (AvgIpc) is 3.20. The molecule has 142 valence electrons. The van der Waals surface area contributed by atoms with Crippen molar-refractivity contribution in [2.24, 2.45) is 0 Å². The molecule has 0 aliphatic carbocycles. The zero-order chi connectivity index (χ0) is 18.0. The molecule has 0 radical (unpaired) electrons. The number of aromatic nitrogens is 1. The van der Waals surface area contributed by atoms with E-state index in [1.54, 1.807) is 30.3 Å². The van der Waals surface area contributed by atoms with Gasteiger partial charge in [0.25, 0.3) is 0 Å². The Morgan fingerprint density at radius 3 is 2.41 bits per heavy atom. The molecule has 6 heteroatoms. The lowest BCUT2D eigenvalue weighted by Crippen LogP contribution is -2.22. The van der Waals surface area contributed by atoms with Crippen molar-refractivity contribution in [3.63, 3.8) is 0 Å². The highest BCUT2D eigenvalue weighted by atomic mass is 35.5. The summed E-state index contributed by atoms with van der Waals surface area (Å²) in [6.45, 7) is 3.39. The monoisotopic (exact) mass is 402 g/mol. The van der Waals surface area contributed by atoms with Gasteiger partial charge in [-0.2, -0.15) is 0 Å². The lowest BCUT2D eigenvalue weighted by Gasteiger charge is -2.15. The Balaban J connectivity index is 0.00000210. The third-order valence-electron chi connectivity index (χ3n) is 5.03. The summed E-state index contributed by atoms with van der Waals surface area (Å²) in [4.78, 5) is 7.54. The highest BCUT2D eigenvalue weighted by Crippen LogP contribution is 2.25. The molecule has 4 rings (SSSR count). The van der Waals surface area contributed by atoms with Gasteiger partial charge in [0.2, 0.25) is 9.84 Å². The van der Waals surface area contributed by atoms with Crippen molar-refractivity contribution in [2.45, 2.75) is 29.1 Å². The van der Waals surface area contributed by atoms with Gasteiger partial charge < -0.3 is 4.90 Å². The molecule has 2 heterocycles. The van der Waals surface area contributed by atoms with Crippen LogP contribution in [0, 0.1) is 0 Å². The zero-order valence-electron chi connectivity index (χ0n) is 15.0. The smallest absolute Gasteiger partial charge is 0.208 e. The molecule has 1 fully saturated rings. The minimum atomic E-state index is -3.54. The molecular weight excluding hydrogens is 380 g/mol. The van der Waals surface area contributed by atoms with Crippen LogP contribution in [-0.4, -0.2) is 37.9 Å². The van der Waals surface area contributed by atoms with Crippen molar-refractivity contribution in [3.8, 4) is 0 Å². The quantitative estimate of drug-likeness (QED) is 0.643. The number of hydrogen-bond acceptors (Lipinski definition) is 4. The Kier molecular flexibility index (Phi) is 6.15. The van der Waals surface area contributed by atoms with Crippen LogP contribution >= 0.6 is 12.4 Å². The van der Waals surface area contributed by atoms with Crippen LogP contribution in [0.1, 0.15) is 18.4 Å². The van der Waals surface area contributed by atoms with E-state index in [-0.39, 0.29) is 17.3 Å². The van der Waals surface area contributed by atoms with Crippen molar-refractivity contribution in [2.75, 3.05) is 19.6 Å². The SMILES string of the molecule is Cl.O=S(=O)(c1ccccc1)c1cnc2c(CCN3CCCC3)cccc2c1. The van der Waals surface area contributed by atoms with E-state index in [1.807, 2.05) is 18.2 Å². The molecular formula is C21H23ClN2O2S. The third-order valence-corrected chi connectivity index (χ3v) is 6.77. The topological polar surface area (TPSA) is 50.3 Å². The number of pyridine rings is 1. The Hall–Kier alpha value is -1.95. The molecule has 2 aromatic carbocycles. The number of nitrogens with zero attached hydrogens (tertiary/aromatic N) is 2. The van der Waals surface area contributed by atoms with Crippen LogP contribution in [0.3, 0.4) is 0 Å². The molecule has 0 atom stereocenters. The normalized spacial score (nSPS) is 15.0. The van der Waals surface area contributed by atoms with Crippen LogP contribution in [0.15, 0.2) is 70.6 Å². The first-order valence-electron chi connectivity index (χ1n) is 9.05. The largest absolute Gasteiger partial charge is 0.303 e. The van der Waals surface area contributed by atoms with Crippen molar-refractivity contribution >= 4 is 33.1 Å². The summed E-state index contributed by atoms with van der Waals surface area (Å²) in [7, 11) is -3.54. The van der Waals surface area contributed by atoms with Crippen LogP contribution in [0.2, 0.25) is 0 Å². The van der Waals surface area contributed by atoms with Crippen LogP contribution in [0.25, 0.3) is 10.9 Å². The predicted molar refractivity (Wildman–Crippen MR) is 110 cm³/mol. The number of fused-ring (bicyclic) bond motifs is 1. The Morgan fingerprint density at radius 2 is 1.67 bits per heavy atom. The maximum absolute atomic E-state index is 12.8. The van der Waals surface area contributed by atoms with E-state index in [2.05, 4.69) is 16.0 Å². The Labute approximate surface area is 166 Å². The van der Waals surface area contributed by atoms with E-state index in [0.717, 1.165) is 23.9 Å². The molecule has 4 nitrogen and oxygen atoms in total. The van der Waals surface area contributed by atoms with Crippen molar-refractivity contribution in [3.05, 3.63) is 66.4 Å². The van der Waals surface area contributed by atoms with Crippen molar-refractivity contribution < 1.29 is 8.42 Å². The summed E-state index contributed by atoms with van der Waals surface area (Å²) in [6, 6.07) is 16.3. The Bertz CT molecular complexity index is 1020. The summed E-state index contributed by atoms with van der Waals surface area (Å²) >= 11 is 0. The van der Waals surface area contributed by atoms with Gasteiger partial charge in [-0.05, 0) is 56.1 Å². The maximum atomic E-state index is 12.8. The molecule has 0 saturated carbocycles. The molecule has 1 aromatic heterocycles. The molecule has 3 aromatic rings. The maximum Gasteiger partial charge on any atom is 0.208 e. The number of hydrogen-bond donors (Lipinski definition) is 0. The van der Waals surface area contributed by atoms with Crippen molar-refractivity contribution in [1.29, 1.82) is 0 Å². The van der Waals surface area contributed by atoms with Gasteiger partial charge in [-0.15, -0.1) is 12.4 Å². The Morgan fingerprint density at radius 1 is 0.926 bits per heavy atom. The fourth-order valence-electron chi connectivity index (χ4n) is 3.57. The van der Waals surface area contributed by atoms with Crippen LogP contribution in [-0.2, 0) is 16.3 Å². The summed E-state index contributed by atoms with van der Waals surface area (Å²) in [6.07, 6.45) is 5.00. The molecule has 1 saturated heterocycles. The zero-order valence-corrected chi connectivity index (χ0v) is 16.7. The number of likely N-dealkylation sites (tertiary alicyclic amines) is 1. The van der Waals surface area contributed by atoms with E-state index in [4.69, 9.17) is 0 Å². The predicted octanol–water partition coefficient (Wildman–Crippen LogP) is 4.13. The second-order valence-corrected chi connectivity index (χ2v) is 8.72. The minimum Gasteiger partial charge on any atom is -0.303 e. The minimum absolute atomic E-state index is 0. The van der Waals surface area contributed by atoms with Crippen LogP contribution in [0.4, 0.5) is 0 Å². The van der Waals surface area contributed by atoms with Gasteiger partial charge in [0.15, 0.2) is 0 Å². The molecule has 1 aliphatic heterocycles. The second-order valence-electron chi connectivity index (χ2n) is 6.78. The molecule has 0 spiro atoms. The van der Waals surface area contributed by atoms with Gasteiger partial charge in [-0.1, -0.05) is 36.4 Å². The van der Waals surface area contributed by atoms with Gasteiger partial charge in [-0.25, -0.2) is 8.42 Å². The van der Waals surface area contributed by atoms with Gasteiger partial charge >= 0.3 is 0 Å². The summed E-state index contributed by atoms with van der Waals surface area (Å²) < 4.78 is 25.6. The lowest BCUT2D eigenvalue weighted by molar-refractivity contribution is 0.344. The van der Waals surface area contributed by atoms with E-state index in [9.17, 15) is 8.42 Å². The second kappa shape index (κ2) is 8.38. The van der Waals surface area contributed by atoms with Crippen molar-refractivity contribution in [1.82, 2.24) is 9.88 Å². The van der Waals surface area contributed by atoms with E-state index >= 15 is 0 Å². The first kappa shape index (κ1) is 19.8. The standard InChI is InChI=1S/C21H22N2O2S.ClH/c24-26(25,19-9-2-1-3-10-19)20-15-18-8-6-7-17(21(18)22-16-20)11-14-23-12-4-5-13-23;/h1-3,6-10,15-16H,4-5,11-14H2;1H. The highest BCUT2D eigenvalue weighted by molar-refractivity contribution is 7.91. The average molecular weight is 403 g/mol. The van der Waals surface area contributed by atoms with E-state index < -0.39 is 9.84 Å². The molecule has 27 heavy (non-hydrogen) atoms. The molecule has 1 aliphatic rings. The summed E-state index contributed by atoms with van der Waals surface area (Å²) in [5.41, 5.74) is 2.08. The fraction of sp³-hybridized carbons (Fsp3) is 0.286. The lowest BCUT2D eigenvalue weighted by atomic mass is 10.1. The molecule has 0 bridgehead atoms. The summed E-state index contributed by atoms with van der Waals surface area (Å²) in [5, 5.41) is 0.876. The number of benzene rings is 2. The highest BCUT2D eigenvalue weighted by Gasteiger charge is 2.19. The van der Waals surface area contributed by atoms with Crippen LogP contribution in [0.5, 0.6) is 0 Å². The van der Waals surface area contributed by atoms with Gasteiger partial charge in [0, 0.05) is 18.1 Å². The van der Waals surface area contributed by atoms with Crippen LogP contribution < -0.4 is 0 Å². The fourth-order valence-corrected chi connectivity index (χ4v) is 4.83. The third kappa shape index (κ3) is 4.15. The number of rotatable bonds is 5. The molecule has 0 unspecified atom stereocenters. The van der Waals surface area contributed by atoms with E-state index in [0.29, 0.717) is 4.90 Å². The summed E-state index contributed by atoms with van der Waals surface area (Å²) in [5.74, 6) is 0. The van der Waals surface area contributed by atoms with Gasteiger partial charge in [0.1, 0.15) is 0 Å². The first-order chi connectivity index (χ1) is 12.6. The number of halogens is 1. The number of sulfone groups is 1. The first-order valence-corrected chi connectivity index (χ1v) is 10.5. The van der Waals surface area contributed by atoms with Gasteiger partial charge in [-0.3, -0.25) is 4.98 Å².